The van der Waals surface area contributed by atoms with E-state index in [4.69, 9.17) is 5.73 Å². The van der Waals surface area contributed by atoms with Gasteiger partial charge in [-0.2, -0.15) is 0 Å². The normalized spacial score (nSPS) is 10.1. The summed E-state index contributed by atoms with van der Waals surface area (Å²) in [5, 5.41) is 0. The average Bonchev–Trinajstić information content (AvgIpc) is 1.99. The van der Waals surface area contributed by atoms with Crippen LogP contribution in [-0.2, 0) is 11.2 Å². The Kier molecular flexibility index (Phi) is 2.60. The van der Waals surface area contributed by atoms with Gasteiger partial charge in [-0.1, -0.05) is 0 Å². The van der Waals surface area contributed by atoms with E-state index >= 15 is 0 Å². The first-order chi connectivity index (χ1) is 6.00. The molecule has 0 aliphatic heterocycles. The van der Waals surface area contributed by atoms with Crippen molar-refractivity contribution >= 4 is 11.5 Å². The van der Waals surface area contributed by atoms with Crippen molar-refractivity contribution in [3.8, 4) is 0 Å². The highest BCUT2D eigenvalue weighted by Crippen LogP contribution is 2.17. The zero-order valence-electron chi connectivity index (χ0n) is 7.10. The lowest BCUT2D eigenvalue weighted by molar-refractivity contribution is -0.116. The number of nitrogens with two attached hydrogens (primary N) is 1. The molecule has 0 radical (unpaired) electrons. The summed E-state index contributed by atoms with van der Waals surface area (Å²) < 4.78 is 25.2. The molecule has 0 spiro atoms. The lowest BCUT2D eigenvalue weighted by atomic mass is 10.1. The molecule has 2 N–H and O–H groups in total. The fraction of sp³-hybridized carbons (Fsp3) is 0.222. The molecule has 0 saturated carbocycles. The second-order valence-electron chi connectivity index (χ2n) is 2.84. The van der Waals surface area contributed by atoms with Crippen molar-refractivity contribution in [2.24, 2.45) is 0 Å². The fourth-order valence-corrected chi connectivity index (χ4v) is 1.02. The van der Waals surface area contributed by atoms with Crippen molar-refractivity contribution in [1.82, 2.24) is 0 Å². The standard InChI is InChI=1S/C9H9F2NO/c1-5(13)2-6-3-7(10)8(11)4-9(6)12/h3-4H,2,12H2,1H3. The van der Waals surface area contributed by atoms with Crippen LogP contribution in [0.5, 0.6) is 0 Å². The van der Waals surface area contributed by atoms with E-state index in [9.17, 15) is 13.6 Å². The van der Waals surface area contributed by atoms with Crippen LogP contribution in [-0.4, -0.2) is 5.78 Å². The van der Waals surface area contributed by atoms with Crippen molar-refractivity contribution in [3.63, 3.8) is 0 Å². The largest absolute Gasteiger partial charge is 0.398 e. The first-order valence-electron chi connectivity index (χ1n) is 3.73. The fourth-order valence-electron chi connectivity index (χ4n) is 1.02. The van der Waals surface area contributed by atoms with Gasteiger partial charge in [0.1, 0.15) is 5.78 Å². The number of hydrogen-bond donors (Lipinski definition) is 1. The molecule has 0 fully saturated rings. The molecule has 0 amide bonds. The zero-order chi connectivity index (χ0) is 10.0. The lowest BCUT2D eigenvalue weighted by Crippen LogP contribution is -2.03. The molecule has 0 bridgehead atoms. The van der Waals surface area contributed by atoms with Gasteiger partial charge in [0.25, 0.3) is 0 Å². The number of anilines is 1. The molecule has 13 heavy (non-hydrogen) atoms. The van der Waals surface area contributed by atoms with Crippen LogP contribution >= 0.6 is 0 Å². The highest BCUT2D eigenvalue weighted by Gasteiger charge is 2.08. The van der Waals surface area contributed by atoms with Gasteiger partial charge in [-0.05, 0) is 18.6 Å². The van der Waals surface area contributed by atoms with Crippen LogP contribution in [0.2, 0.25) is 0 Å². The summed E-state index contributed by atoms with van der Waals surface area (Å²) in [5.74, 6) is -2.12. The molecule has 0 aliphatic rings. The smallest absolute Gasteiger partial charge is 0.160 e. The Labute approximate surface area is 74.4 Å². The van der Waals surface area contributed by atoms with Crippen LogP contribution in [0.15, 0.2) is 12.1 Å². The monoisotopic (exact) mass is 185 g/mol. The van der Waals surface area contributed by atoms with Crippen molar-refractivity contribution < 1.29 is 13.6 Å². The van der Waals surface area contributed by atoms with Gasteiger partial charge in [-0.25, -0.2) is 8.78 Å². The predicted octanol–water partition coefficient (Wildman–Crippen LogP) is 1.68. The van der Waals surface area contributed by atoms with Gasteiger partial charge in [-0.3, -0.25) is 4.79 Å². The van der Waals surface area contributed by atoms with E-state index in [2.05, 4.69) is 0 Å². The Balaban J connectivity index is 3.08. The van der Waals surface area contributed by atoms with Gasteiger partial charge in [0.2, 0.25) is 0 Å². The Hall–Kier alpha value is -1.45. The van der Waals surface area contributed by atoms with E-state index in [1.165, 1.54) is 6.92 Å². The highest BCUT2D eigenvalue weighted by atomic mass is 19.2. The van der Waals surface area contributed by atoms with Crippen molar-refractivity contribution in [2.75, 3.05) is 5.73 Å². The van der Waals surface area contributed by atoms with Crippen LogP contribution in [0.3, 0.4) is 0 Å². The second kappa shape index (κ2) is 3.51. The second-order valence-corrected chi connectivity index (χ2v) is 2.84. The zero-order valence-corrected chi connectivity index (χ0v) is 7.10. The number of rotatable bonds is 2. The molecule has 1 rings (SSSR count). The number of carbonyl (C=O) groups excluding carboxylic acids is 1. The molecule has 0 saturated heterocycles. The summed E-state index contributed by atoms with van der Waals surface area (Å²) in [5.41, 5.74) is 5.81. The third-order valence-electron chi connectivity index (χ3n) is 1.62. The van der Waals surface area contributed by atoms with Gasteiger partial charge >= 0.3 is 0 Å². The Morgan fingerprint density at radius 2 is 1.92 bits per heavy atom. The van der Waals surface area contributed by atoms with Crippen LogP contribution in [0.4, 0.5) is 14.5 Å². The molecule has 0 aromatic heterocycles. The third-order valence-corrected chi connectivity index (χ3v) is 1.62. The first kappa shape index (κ1) is 9.64. The number of carbonyl (C=O) groups is 1. The number of halogens is 2. The Bertz CT molecular complexity index is 350. The van der Waals surface area contributed by atoms with Gasteiger partial charge in [-0.15, -0.1) is 0 Å². The maximum atomic E-state index is 12.7. The maximum Gasteiger partial charge on any atom is 0.160 e. The minimum atomic E-state index is -0.996. The van der Waals surface area contributed by atoms with Gasteiger partial charge < -0.3 is 5.73 Å². The molecular formula is C9H9F2NO. The van der Waals surface area contributed by atoms with Crippen LogP contribution in [0, 0.1) is 11.6 Å². The topological polar surface area (TPSA) is 43.1 Å². The van der Waals surface area contributed by atoms with Crippen LogP contribution < -0.4 is 5.73 Å². The molecule has 0 atom stereocenters. The van der Waals surface area contributed by atoms with E-state index in [1.807, 2.05) is 0 Å². The van der Waals surface area contributed by atoms with Crippen molar-refractivity contribution in [1.29, 1.82) is 0 Å². The molecule has 0 unspecified atom stereocenters. The Morgan fingerprint density at radius 3 is 2.46 bits per heavy atom. The summed E-state index contributed by atoms with van der Waals surface area (Å²) in [7, 11) is 0. The minimum absolute atomic E-state index is 0.0308. The summed E-state index contributed by atoms with van der Waals surface area (Å²) in [4.78, 5) is 10.7. The highest BCUT2D eigenvalue weighted by molar-refractivity contribution is 5.79. The van der Waals surface area contributed by atoms with Crippen LogP contribution in [0.25, 0.3) is 0 Å². The van der Waals surface area contributed by atoms with Gasteiger partial charge in [0.15, 0.2) is 11.6 Å². The molecule has 2 nitrogen and oxygen atoms in total. The predicted molar refractivity (Wildman–Crippen MR) is 45.2 cm³/mol. The summed E-state index contributed by atoms with van der Waals surface area (Å²) in [6, 6.07) is 1.83. The third kappa shape index (κ3) is 2.24. The summed E-state index contributed by atoms with van der Waals surface area (Å²) >= 11 is 0. The summed E-state index contributed by atoms with van der Waals surface area (Å²) in [6.45, 7) is 1.36. The molecule has 4 heteroatoms. The number of benzene rings is 1. The van der Waals surface area contributed by atoms with E-state index in [1.54, 1.807) is 0 Å². The number of ketones is 1. The molecule has 1 aromatic rings. The quantitative estimate of drug-likeness (QED) is 0.712. The SMILES string of the molecule is CC(=O)Cc1cc(F)c(F)cc1N. The number of Topliss-reactive ketones (excluding diaryl/α,β-unsaturated/α-hetero) is 1. The molecule has 0 aliphatic carbocycles. The number of hydrogen-bond acceptors (Lipinski definition) is 2. The minimum Gasteiger partial charge on any atom is -0.398 e. The van der Waals surface area contributed by atoms with E-state index in [0.717, 1.165) is 12.1 Å². The molecule has 70 valence electrons. The maximum absolute atomic E-state index is 12.7. The van der Waals surface area contributed by atoms with Crippen LogP contribution in [0.1, 0.15) is 12.5 Å². The summed E-state index contributed by atoms with van der Waals surface area (Å²) in [6.07, 6.45) is 0.0308. The van der Waals surface area contributed by atoms with Crippen molar-refractivity contribution in [2.45, 2.75) is 13.3 Å². The van der Waals surface area contributed by atoms with Gasteiger partial charge in [0.05, 0.1) is 0 Å². The number of nitrogen functional groups attached to an aromatic ring is 1. The molecular weight excluding hydrogens is 176 g/mol. The molecule has 0 heterocycles. The van der Waals surface area contributed by atoms with Gasteiger partial charge in [0, 0.05) is 18.2 Å². The van der Waals surface area contributed by atoms with E-state index in [-0.39, 0.29) is 17.9 Å². The van der Waals surface area contributed by atoms with Crippen molar-refractivity contribution in [3.05, 3.63) is 29.3 Å². The Morgan fingerprint density at radius 1 is 1.38 bits per heavy atom. The van der Waals surface area contributed by atoms with E-state index in [0.29, 0.717) is 5.56 Å². The first-order valence-corrected chi connectivity index (χ1v) is 3.73. The van der Waals surface area contributed by atoms with E-state index < -0.39 is 11.6 Å². The molecule has 1 aromatic carbocycles. The average molecular weight is 185 g/mol. The lowest BCUT2D eigenvalue weighted by Gasteiger charge is -2.03.